The predicted octanol–water partition coefficient (Wildman–Crippen LogP) is 5.28. The Morgan fingerprint density at radius 3 is 2.93 bits per heavy atom. The summed E-state index contributed by atoms with van der Waals surface area (Å²) in [5.41, 5.74) is 3.02. The van der Waals surface area contributed by atoms with E-state index < -0.39 is 6.17 Å². The highest BCUT2D eigenvalue weighted by atomic mass is 19.1. The summed E-state index contributed by atoms with van der Waals surface area (Å²) in [7, 11) is 0. The molecule has 220 valence electrons. The van der Waals surface area contributed by atoms with Gasteiger partial charge >= 0.3 is 6.01 Å². The van der Waals surface area contributed by atoms with E-state index in [0.29, 0.717) is 37.5 Å². The fourth-order valence-corrected chi connectivity index (χ4v) is 8.19. The van der Waals surface area contributed by atoms with Crippen LogP contribution in [0.3, 0.4) is 0 Å². The molecule has 0 aliphatic carbocycles. The maximum Gasteiger partial charge on any atom is 0.319 e. The first kappa shape index (κ1) is 26.7. The smallest absolute Gasteiger partial charge is 0.319 e. The summed E-state index contributed by atoms with van der Waals surface area (Å²) in [5, 5.41) is 17.1. The van der Waals surface area contributed by atoms with Gasteiger partial charge in [0.15, 0.2) is 0 Å². The average molecular weight is 578 g/mol. The number of aromatic nitrogens is 2. The molecule has 1 aromatic heterocycles. The summed E-state index contributed by atoms with van der Waals surface area (Å²) < 4.78 is 20.9. The summed E-state index contributed by atoms with van der Waals surface area (Å²) in [6, 6.07) is 16.3. The van der Waals surface area contributed by atoms with Crippen molar-refractivity contribution in [2.24, 2.45) is 5.92 Å². The van der Waals surface area contributed by atoms with Crippen LogP contribution in [0.25, 0.3) is 32.8 Å². The minimum absolute atomic E-state index is 0.180. The quantitative estimate of drug-likeness (QED) is 0.313. The first-order valence-electron chi connectivity index (χ1n) is 15.5. The Morgan fingerprint density at radius 2 is 2.05 bits per heavy atom. The molecule has 0 saturated carbocycles. The van der Waals surface area contributed by atoms with Crippen molar-refractivity contribution in [1.82, 2.24) is 20.2 Å². The number of alkyl halides is 1. The van der Waals surface area contributed by atoms with Gasteiger partial charge < -0.3 is 20.1 Å². The SMILES string of the molecule is C#Cc1cccc2cc(O)cc(-c3ccc4c(N5CC6CCCNC6C5)nc(OC[C@@]56CCCN5C[C@H](F)C6)nc4c3)c12. The number of hydrogen-bond donors (Lipinski definition) is 2. The van der Waals surface area contributed by atoms with E-state index in [1.54, 1.807) is 12.1 Å². The molecule has 4 fully saturated rings. The van der Waals surface area contributed by atoms with Gasteiger partial charge in [0, 0.05) is 48.4 Å². The van der Waals surface area contributed by atoms with Crippen LogP contribution in [0.4, 0.5) is 10.2 Å². The number of benzene rings is 3. The normalized spacial score (nSPS) is 27.0. The number of nitrogens with zero attached hydrogens (tertiary/aromatic N) is 4. The van der Waals surface area contributed by atoms with Crippen molar-refractivity contribution >= 4 is 27.5 Å². The van der Waals surface area contributed by atoms with Gasteiger partial charge in [0.25, 0.3) is 0 Å². The average Bonchev–Trinajstić information content (AvgIpc) is 3.70. The molecule has 0 spiro atoms. The number of fused-ring (bicyclic) bond motifs is 4. The van der Waals surface area contributed by atoms with E-state index in [1.807, 2.05) is 24.3 Å². The van der Waals surface area contributed by atoms with Crippen LogP contribution in [0.1, 0.15) is 37.7 Å². The highest BCUT2D eigenvalue weighted by Gasteiger charge is 2.49. The Balaban J connectivity index is 1.23. The van der Waals surface area contributed by atoms with Gasteiger partial charge in [-0.15, -0.1) is 6.42 Å². The van der Waals surface area contributed by atoms with E-state index >= 15 is 0 Å². The molecule has 0 bridgehead atoms. The fourth-order valence-electron chi connectivity index (χ4n) is 8.19. The van der Waals surface area contributed by atoms with Gasteiger partial charge in [-0.05, 0) is 91.5 Å². The molecule has 5 heterocycles. The number of piperidine rings is 1. The Kier molecular flexibility index (Phi) is 6.43. The Hall–Kier alpha value is -3.93. The first-order chi connectivity index (χ1) is 21.0. The van der Waals surface area contributed by atoms with Crippen LogP contribution in [-0.2, 0) is 0 Å². The molecular formula is C35H36FN5O2. The number of phenols is 1. The van der Waals surface area contributed by atoms with E-state index in [2.05, 4.69) is 33.2 Å². The van der Waals surface area contributed by atoms with E-state index in [-0.39, 0.29) is 11.3 Å². The van der Waals surface area contributed by atoms with Crippen molar-refractivity contribution in [1.29, 1.82) is 0 Å². The summed E-state index contributed by atoms with van der Waals surface area (Å²) in [5.74, 6) is 4.46. The number of terminal acetylenes is 1. The third-order valence-electron chi connectivity index (χ3n) is 10.2. The third-order valence-corrected chi connectivity index (χ3v) is 10.2. The topological polar surface area (TPSA) is 73.8 Å². The number of nitrogens with one attached hydrogen (secondary N) is 1. The molecule has 4 atom stereocenters. The molecule has 8 heteroatoms. The van der Waals surface area contributed by atoms with Gasteiger partial charge in [-0.25, -0.2) is 4.39 Å². The van der Waals surface area contributed by atoms with Crippen molar-refractivity contribution in [2.45, 2.75) is 49.9 Å². The van der Waals surface area contributed by atoms with Crippen molar-refractivity contribution in [2.75, 3.05) is 44.2 Å². The highest BCUT2D eigenvalue weighted by Crippen LogP contribution is 2.42. The van der Waals surface area contributed by atoms with Crippen LogP contribution >= 0.6 is 0 Å². The molecule has 2 N–H and O–H groups in total. The third kappa shape index (κ3) is 4.57. The standard InChI is InChI=1S/C35H36FN5O2/c1-2-22-6-3-7-24-14-27(42)16-29(32(22)24)23-9-10-28-30(15-23)38-34(43-21-35-11-5-13-41(35)19-26(36)17-35)39-33(28)40-18-25-8-4-12-37-31(25)20-40/h1,3,6-7,9-10,14-16,25-26,31,37,42H,4-5,8,11-13,17-21H2/t25?,26-,31?,35+/m1/s1. The molecular weight excluding hydrogens is 541 g/mol. The van der Waals surface area contributed by atoms with Crippen molar-refractivity contribution in [3.8, 4) is 35.2 Å². The predicted molar refractivity (Wildman–Crippen MR) is 167 cm³/mol. The van der Waals surface area contributed by atoms with Crippen LogP contribution in [0, 0.1) is 18.3 Å². The van der Waals surface area contributed by atoms with E-state index in [9.17, 15) is 9.50 Å². The molecule has 4 aliphatic rings. The van der Waals surface area contributed by atoms with Crippen LogP contribution < -0.4 is 15.0 Å². The molecule has 4 aliphatic heterocycles. The molecule has 4 saturated heterocycles. The maximum atomic E-state index is 14.5. The lowest BCUT2D eigenvalue weighted by atomic mass is 9.94. The second kappa shape index (κ2) is 10.4. The maximum absolute atomic E-state index is 14.5. The van der Waals surface area contributed by atoms with Gasteiger partial charge in [-0.3, -0.25) is 4.90 Å². The second-order valence-corrected chi connectivity index (χ2v) is 12.8. The van der Waals surface area contributed by atoms with Gasteiger partial charge in [0.1, 0.15) is 24.3 Å². The Labute approximate surface area is 251 Å². The number of aromatic hydroxyl groups is 1. The van der Waals surface area contributed by atoms with Crippen molar-refractivity contribution in [3.63, 3.8) is 0 Å². The van der Waals surface area contributed by atoms with Crippen LogP contribution in [-0.4, -0.2) is 77.1 Å². The lowest BCUT2D eigenvalue weighted by molar-refractivity contribution is 0.107. The lowest BCUT2D eigenvalue weighted by Crippen LogP contribution is -2.43. The Bertz CT molecular complexity index is 1760. The van der Waals surface area contributed by atoms with Gasteiger partial charge in [-0.1, -0.05) is 24.1 Å². The van der Waals surface area contributed by atoms with E-state index in [1.165, 1.54) is 12.8 Å². The summed E-state index contributed by atoms with van der Waals surface area (Å²) in [6.07, 6.45) is 9.99. The zero-order valence-electron chi connectivity index (χ0n) is 24.2. The Morgan fingerprint density at radius 1 is 1.12 bits per heavy atom. The summed E-state index contributed by atoms with van der Waals surface area (Å²) in [4.78, 5) is 14.6. The number of phenolic OH excluding ortho intramolecular Hbond substituents is 1. The van der Waals surface area contributed by atoms with Crippen LogP contribution in [0.15, 0.2) is 48.5 Å². The number of halogens is 1. The van der Waals surface area contributed by atoms with E-state index in [4.69, 9.17) is 21.1 Å². The zero-order chi connectivity index (χ0) is 29.1. The number of rotatable bonds is 5. The summed E-state index contributed by atoms with van der Waals surface area (Å²) >= 11 is 0. The fraction of sp³-hybridized carbons (Fsp3) is 0.429. The van der Waals surface area contributed by atoms with Gasteiger partial charge in [-0.2, -0.15) is 9.97 Å². The van der Waals surface area contributed by atoms with Crippen molar-refractivity contribution in [3.05, 3.63) is 54.1 Å². The van der Waals surface area contributed by atoms with E-state index in [0.717, 1.165) is 83.2 Å². The minimum Gasteiger partial charge on any atom is -0.508 e. The largest absolute Gasteiger partial charge is 0.508 e. The zero-order valence-corrected chi connectivity index (χ0v) is 24.2. The van der Waals surface area contributed by atoms with Gasteiger partial charge in [0.05, 0.1) is 11.1 Å². The number of ether oxygens (including phenoxy) is 1. The van der Waals surface area contributed by atoms with Crippen LogP contribution in [0.2, 0.25) is 0 Å². The first-order valence-corrected chi connectivity index (χ1v) is 15.5. The molecule has 4 aromatic rings. The monoisotopic (exact) mass is 577 g/mol. The number of hydrogen-bond acceptors (Lipinski definition) is 7. The highest BCUT2D eigenvalue weighted by molar-refractivity contribution is 6.03. The summed E-state index contributed by atoms with van der Waals surface area (Å²) in [6.45, 7) is 4.67. The van der Waals surface area contributed by atoms with Crippen LogP contribution in [0.5, 0.6) is 11.8 Å². The lowest BCUT2D eigenvalue weighted by Gasteiger charge is -2.31. The molecule has 0 amide bonds. The molecule has 0 radical (unpaired) electrons. The molecule has 8 rings (SSSR count). The molecule has 7 nitrogen and oxygen atoms in total. The van der Waals surface area contributed by atoms with Gasteiger partial charge in [0.2, 0.25) is 0 Å². The number of anilines is 1. The molecule has 3 aromatic carbocycles. The van der Waals surface area contributed by atoms with Crippen molar-refractivity contribution < 1.29 is 14.2 Å². The molecule has 2 unspecified atom stereocenters. The molecule has 43 heavy (non-hydrogen) atoms. The second-order valence-electron chi connectivity index (χ2n) is 12.8. The minimum atomic E-state index is -0.815.